The van der Waals surface area contributed by atoms with Gasteiger partial charge in [-0.15, -0.1) is 0 Å². The number of likely N-dealkylation sites (tertiary alicyclic amines) is 1. The van der Waals surface area contributed by atoms with Crippen LogP contribution in [0.25, 0.3) is 22.4 Å². The molecule has 0 atom stereocenters. The Hall–Kier alpha value is -2.77. The minimum absolute atomic E-state index is 0.421. The predicted molar refractivity (Wildman–Crippen MR) is 148 cm³/mol. The second kappa shape index (κ2) is 10.5. The van der Waals surface area contributed by atoms with Gasteiger partial charge in [-0.2, -0.15) is 0 Å². The Morgan fingerprint density at radius 2 is 2.00 bits per heavy atom. The number of hydrogen-bond acceptors (Lipinski definition) is 7. The molecule has 0 unspecified atom stereocenters. The topological polar surface area (TPSA) is 71.8 Å². The molecule has 7 nitrogen and oxygen atoms in total. The molecule has 198 valence electrons. The number of piperidine rings is 1. The molecular formula is C30H40N4O3. The van der Waals surface area contributed by atoms with Crippen molar-refractivity contribution < 1.29 is 13.9 Å². The van der Waals surface area contributed by atoms with Gasteiger partial charge in [-0.3, -0.25) is 0 Å². The molecule has 0 bridgehead atoms. The maximum atomic E-state index is 6.28. The van der Waals surface area contributed by atoms with E-state index in [-0.39, 0.29) is 0 Å². The molecule has 1 saturated carbocycles. The molecule has 3 aliphatic rings. The summed E-state index contributed by atoms with van der Waals surface area (Å²) in [4.78, 5) is 7.61. The summed E-state index contributed by atoms with van der Waals surface area (Å²) in [6.07, 6.45) is 8.29. The molecule has 0 amide bonds. The third-order valence-corrected chi connectivity index (χ3v) is 8.41. The largest absolute Gasteiger partial charge is 0.493 e. The Morgan fingerprint density at radius 1 is 1.14 bits per heavy atom. The van der Waals surface area contributed by atoms with Gasteiger partial charge in [-0.05, 0) is 87.8 Å². The summed E-state index contributed by atoms with van der Waals surface area (Å²) in [7, 11) is 1.71. The molecule has 0 radical (unpaired) electrons. The third kappa shape index (κ3) is 5.43. The minimum Gasteiger partial charge on any atom is -0.493 e. The number of pyridine rings is 1. The van der Waals surface area contributed by atoms with E-state index in [0.29, 0.717) is 18.1 Å². The molecular weight excluding hydrogens is 464 g/mol. The molecule has 4 heterocycles. The summed E-state index contributed by atoms with van der Waals surface area (Å²) in [6.45, 7) is 8.45. The van der Waals surface area contributed by atoms with Gasteiger partial charge in [0.05, 0.1) is 19.2 Å². The molecule has 3 fully saturated rings. The van der Waals surface area contributed by atoms with Gasteiger partial charge in [0.25, 0.3) is 0 Å². The Labute approximate surface area is 219 Å². The highest BCUT2D eigenvalue weighted by molar-refractivity contribution is 5.95. The Morgan fingerprint density at radius 3 is 2.73 bits per heavy atom. The highest BCUT2D eigenvalue weighted by Gasteiger charge is 2.47. The number of aromatic nitrogens is 1. The van der Waals surface area contributed by atoms with Crippen LogP contribution in [0.1, 0.15) is 51.2 Å². The van der Waals surface area contributed by atoms with E-state index in [2.05, 4.69) is 34.6 Å². The normalized spacial score (nSPS) is 19.5. The fourth-order valence-corrected chi connectivity index (χ4v) is 5.92. The van der Waals surface area contributed by atoms with Crippen LogP contribution in [0.4, 0.5) is 5.69 Å². The van der Waals surface area contributed by atoms with E-state index in [4.69, 9.17) is 18.9 Å². The second-order valence-electron chi connectivity index (χ2n) is 11.1. The number of fused-ring (bicyclic) bond motifs is 1. The van der Waals surface area contributed by atoms with Crippen molar-refractivity contribution in [1.29, 1.82) is 0 Å². The smallest absolute Gasteiger partial charge is 0.163 e. The van der Waals surface area contributed by atoms with Crippen molar-refractivity contribution in [2.45, 2.75) is 57.9 Å². The molecule has 2 N–H and O–H groups in total. The molecule has 7 heteroatoms. The van der Waals surface area contributed by atoms with Crippen molar-refractivity contribution in [3.63, 3.8) is 0 Å². The van der Waals surface area contributed by atoms with Crippen molar-refractivity contribution in [1.82, 2.24) is 15.2 Å². The second-order valence-corrected chi connectivity index (χ2v) is 11.1. The van der Waals surface area contributed by atoms with Gasteiger partial charge in [0.2, 0.25) is 0 Å². The van der Waals surface area contributed by atoms with Crippen LogP contribution < -0.4 is 20.1 Å². The van der Waals surface area contributed by atoms with Crippen LogP contribution >= 0.6 is 0 Å². The fraction of sp³-hybridized carbons (Fsp3) is 0.567. The van der Waals surface area contributed by atoms with E-state index >= 15 is 0 Å². The minimum atomic E-state index is 0.421. The highest BCUT2D eigenvalue weighted by Crippen LogP contribution is 2.52. The zero-order valence-electron chi connectivity index (χ0n) is 22.3. The summed E-state index contributed by atoms with van der Waals surface area (Å²) in [6, 6.07) is 10.7. The number of ether oxygens (including phenoxy) is 2. The van der Waals surface area contributed by atoms with E-state index in [0.717, 1.165) is 90.6 Å². The van der Waals surface area contributed by atoms with Crippen LogP contribution in [-0.4, -0.2) is 62.4 Å². The Balaban J connectivity index is 1.24. The summed E-state index contributed by atoms with van der Waals surface area (Å²) < 4.78 is 18.1. The monoisotopic (exact) mass is 504 g/mol. The highest BCUT2D eigenvalue weighted by atomic mass is 16.5. The summed E-state index contributed by atoms with van der Waals surface area (Å²) in [5.74, 6) is 3.26. The molecule has 2 saturated heterocycles. The zero-order valence-corrected chi connectivity index (χ0v) is 22.3. The van der Waals surface area contributed by atoms with Crippen molar-refractivity contribution >= 4 is 16.6 Å². The van der Waals surface area contributed by atoms with Gasteiger partial charge < -0.3 is 29.4 Å². The lowest BCUT2D eigenvalue weighted by molar-refractivity contribution is 0.249. The first kappa shape index (κ1) is 24.6. The quantitative estimate of drug-likeness (QED) is 0.354. The summed E-state index contributed by atoms with van der Waals surface area (Å²) >= 11 is 0. The number of methoxy groups -OCH3 is 1. The van der Waals surface area contributed by atoms with Crippen LogP contribution in [0.3, 0.4) is 0 Å². The average Bonchev–Trinajstić information content (AvgIpc) is 3.32. The van der Waals surface area contributed by atoms with Crippen LogP contribution in [0.5, 0.6) is 11.5 Å². The predicted octanol–water partition coefficient (Wildman–Crippen LogP) is 5.48. The number of rotatable bonds is 10. The molecule has 3 aromatic rings. The fourth-order valence-electron chi connectivity index (χ4n) is 5.92. The number of hydrogen-bond donors (Lipinski definition) is 2. The van der Waals surface area contributed by atoms with E-state index in [9.17, 15) is 0 Å². The molecule has 2 aliphatic heterocycles. The Bertz CT molecular complexity index is 1230. The van der Waals surface area contributed by atoms with Crippen LogP contribution in [0.15, 0.2) is 34.7 Å². The zero-order chi connectivity index (χ0) is 25.2. The van der Waals surface area contributed by atoms with Gasteiger partial charge in [0.1, 0.15) is 11.5 Å². The number of furan rings is 1. The number of anilines is 1. The van der Waals surface area contributed by atoms with E-state index in [1.165, 1.54) is 32.4 Å². The molecule has 1 spiro atoms. The van der Waals surface area contributed by atoms with Gasteiger partial charge >= 0.3 is 0 Å². The molecule has 6 rings (SSSR count). The molecule has 1 aromatic carbocycles. The van der Waals surface area contributed by atoms with Crippen molar-refractivity contribution in [2.75, 3.05) is 51.8 Å². The number of benzene rings is 1. The van der Waals surface area contributed by atoms with E-state index in [1.807, 2.05) is 18.2 Å². The SMILES string of the molecule is CCc1ccc(-c2cc(NC3CCNCC3)c3cc(OC)c(OCCCN4CCC5(CC5)C4)cc3n2)o1. The number of nitrogens with one attached hydrogen (secondary N) is 2. The summed E-state index contributed by atoms with van der Waals surface area (Å²) in [5.41, 5.74) is 3.46. The first-order valence-electron chi connectivity index (χ1n) is 14.1. The van der Waals surface area contributed by atoms with Crippen LogP contribution in [0, 0.1) is 5.41 Å². The summed E-state index contributed by atoms with van der Waals surface area (Å²) in [5, 5.41) is 8.29. The van der Waals surface area contributed by atoms with Crippen LogP contribution in [0.2, 0.25) is 0 Å². The van der Waals surface area contributed by atoms with Crippen LogP contribution in [-0.2, 0) is 6.42 Å². The van der Waals surface area contributed by atoms with Crippen molar-refractivity contribution in [3.8, 4) is 23.0 Å². The van der Waals surface area contributed by atoms with Gasteiger partial charge in [-0.1, -0.05) is 6.92 Å². The molecule has 1 aliphatic carbocycles. The standard InChI is InChI=1S/C30H40N4O3/c1-3-22-5-6-27(37-22)26-18-24(32-21-7-12-31-13-8-21)23-17-28(35-2)29(19-25(23)33-26)36-16-4-14-34-15-11-30(20-34)9-10-30/h5-6,17-19,21,31H,3-4,7-16,20H2,1-2H3,(H,32,33). The average molecular weight is 505 g/mol. The Kier molecular flexibility index (Phi) is 7.00. The number of aryl methyl sites for hydroxylation is 1. The van der Waals surface area contributed by atoms with Gasteiger partial charge in [0, 0.05) is 42.7 Å². The maximum Gasteiger partial charge on any atom is 0.163 e. The third-order valence-electron chi connectivity index (χ3n) is 8.41. The lowest BCUT2D eigenvalue weighted by Gasteiger charge is -2.25. The van der Waals surface area contributed by atoms with E-state index < -0.39 is 0 Å². The lowest BCUT2D eigenvalue weighted by Crippen LogP contribution is -2.35. The molecule has 37 heavy (non-hydrogen) atoms. The van der Waals surface area contributed by atoms with Gasteiger partial charge in [0.15, 0.2) is 17.3 Å². The number of nitrogens with zero attached hydrogens (tertiary/aromatic N) is 2. The maximum absolute atomic E-state index is 6.28. The first-order chi connectivity index (χ1) is 18.1. The van der Waals surface area contributed by atoms with Gasteiger partial charge in [-0.25, -0.2) is 4.98 Å². The van der Waals surface area contributed by atoms with Crippen molar-refractivity contribution in [3.05, 3.63) is 36.1 Å². The lowest BCUT2D eigenvalue weighted by atomic mass is 10.0. The van der Waals surface area contributed by atoms with E-state index in [1.54, 1.807) is 7.11 Å². The molecule has 2 aromatic heterocycles. The van der Waals surface area contributed by atoms with Crippen molar-refractivity contribution in [2.24, 2.45) is 5.41 Å². The first-order valence-corrected chi connectivity index (χ1v) is 14.1.